The summed E-state index contributed by atoms with van der Waals surface area (Å²) in [5.74, 6) is 0.503. The number of para-hydroxylation sites is 2. The van der Waals surface area contributed by atoms with Gasteiger partial charge in [0.2, 0.25) is 0 Å². The lowest BCUT2D eigenvalue weighted by Crippen LogP contribution is -2.15. The van der Waals surface area contributed by atoms with Gasteiger partial charge in [-0.2, -0.15) is 0 Å². The largest absolute Gasteiger partial charge is 0.489 e. The number of ether oxygens (including phenoxy) is 1. The van der Waals surface area contributed by atoms with Crippen LogP contribution in [0.2, 0.25) is 0 Å². The molecule has 0 aliphatic carbocycles. The van der Waals surface area contributed by atoms with Gasteiger partial charge in [-0.25, -0.2) is 8.42 Å². The Morgan fingerprint density at radius 3 is 2.33 bits per heavy atom. The highest BCUT2D eigenvalue weighted by molar-refractivity contribution is 9.10. The van der Waals surface area contributed by atoms with Crippen LogP contribution in [0.1, 0.15) is 13.8 Å². The lowest BCUT2D eigenvalue weighted by atomic mass is 10.3. The number of benzene rings is 2. The summed E-state index contributed by atoms with van der Waals surface area (Å²) in [5.41, 5.74) is 0.418. The molecule has 0 aromatic heterocycles. The van der Waals surface area contributed by atoms with Gasteiger partial charge in [-0.05, 0) is 54.0 Å². The summed E-state index contributed by atoms with van der Waals surface area (Å²) >= 11 is 3.25. The van der Waals surface area contributed by atoms with Gasteiger partial charge in [-0.1, -0.05) is 24.3 Å². The maximum Gasteiger partial charge on any atom is 0.263 e. The van der Waals surface area contributed by atoms with Crippen molar-refractivity contribution in [1.82, 2.24) is 0 Å². The van der Waals surface area contributed by atoms with Crippen LogP contribution in [0, 0.1) is 0 Å². The molecule has 0 atom stereocenters. The lowest BCUT2D eigenvalue weighted by molar-refractivity contribution is 0.244. The van der Waals surface area contributed by atoms with Crippen molar-refractivity contribution in [2.75, 3.05) is 4.72 Å². The van der Waals surface area contributed by atoms with Crippen LogP contribution in [0.15, 0.2) is 57.9 Å². The fourth-order valence-corrected chi connectivity index (χ4v) is 3.84. The van der Waals surface area contributed by atoms with Crippen molar-refractivity contribution in [3.63, 3.8) is 0 Å². The number of halogens is 1. The highest BCUT2D eigenvalue weighted by atomic mass is 79.9. The third-order valence-corrected chi connectivity index (χ3v) is 5.00. The van der Waals surface area contributed by atoms with Gasteiger partial charge in [-0.15, -0.1) is 0 Å². The molecule has 0 fully saturated rings. The number of sulfonamides is 1. The van der Waals surface area contributed by atoms with Gasteiger partial charge in [0.05, 0.1) is 11.8 Å². The summed E-state index contributed by atoms with van der Waals surface area (Å²) in [6.07, 6.45) is -0.0425. The smallest absolute Gasteiger partial charge is 0.263 e. The van der Waals surface area contributed by atoms with Crippen LogP contribution in [0.25, 0.3) is 0 Å². The molecule has 2 aromatic rings. The standard InChI is InChI=1S/C15H16BrNO3S/c1-11(2)20-14-9-5-4-8-13(14)17-21(18,19)15-10-6-3-7-12(15)16/h3-11,17H,1-2H3. The summed E-state index contributed by atoms with van der Waals surface area (Å²) < 4.78 is 33.6. The maximum absolute atomic E-state index is 12.5. The van der Waals surface area contributed by atoms with E-state index in [0.29, 0.717) is 15.9 Å². The Morgan fingerprint density at radius 2 is 1.67 bits per heavy atom. The molecule has 1 N–H and O–H groups in total. The molecule has 0 saturated carbocycles. The molecule has 0 amide bonds. The minimum atomic E-state index is -3.68. The second-order valence-electron chi connectivity index (χ2n) is 4.70. The number of hydrogen-bond acceptors (Lipinski definition) is 3. The van der Waals surface area contributed by atoms with Gasteiger partial charge < -0.3 is 4.74 Å². The van der Waals surface area contributed by atoms with Crippen LogP contribution in [-0.4, -0.2) is 14.5 Å². The second kappa shape index (κ2) is 6.49. The molecule has 0 unspecified atom stereocenters. The Kier molecular flexibility index (Phi) is 4.90. The van der Waals surface area contributed by atoms with E-state index in [4.69, 9.17) is 4.74 Å². The minimum absolute atomic E-state index is 0.0425. The highest BCUT2D eigenvalue weighted by Crippen LogP contribution is 2.29. The second-order valence-corrected chi connectivity index (χ2v) is 7.20. The molecule has 0 heterocycles. The Balaban J connectivity index is 2.36. The van der Waals surface area contributed by atoms with Crippen molar-refractivity contribution < 1.29 is 13.2 Å². The fourth-order valence-electron chi connectivity index (χ4n) is 1.77. The molecule has 4 nitrogen and oxygen atoms in total. The quantitative estimate of drug-likeness (QED) is 0.864. The average molecular weight is 370 g/mol. The summed E-state index contributed by atoms with van der Waals surface area (Å²) in [6.45, 7) is 3.78. The normalized spacial score (nSPS) is 11.4. The van der Waals surface area contributed by atoms with Crippen LogP contribution in [0.5, 0.6) is 5.75 Å². The van der Waals surface area contributed by atoms with Crippen LogP contribution >= 0.6 is 15.9 Å². The Morgan fingerprint density at radius 1 is 1.05 bits per heavy atom. The molecule has 0 radical (unpaired) electrons. The van der Waals surface area contributed by atoms with Crippen molar-refractivity contribution in [3.8, 4) is 5.75 Å². The van der Waals surface area contributed by atoms with Gasteiger partial charge in [0, 0.05) is 4.47 Å². The number of nitrogens with one attached hydrogen (secondary N) is 1. The van der Waals surface area contributed by atoms with Crippen LogP contribution in [0.4, 0.5) is 5.69 Å². The topological polar surface area (TPSA) is 55.4 Å². The van der Waals surface area contributed by atoms with E-state index in [-0.39, 0.29) is 11.0 Å². The van der Waals surface area contributed by atoms with Gasteiger partial charge in [0.25, 0.3) is 10.0 Å². The highest BCUT2D eigenvalue weighted by Gasteiger charge is 2.19. The first-order valence-corrected chi connectivity index (χ1v) is 8.71. The molecule has 0 aliphatic rings. The van der Waals surface area contributed by atoms with Gasteiger partial charge >= 0.3 is 0 Å². The molecular formula is C15H16BrNO3S. The zero-order valence-electron chi connectivity index (χ0n) is 11.7. The van der Waals surface area contributed by atoms with E-state index in [9.17, 15) is 8.42 Å². The molecule has 112 valence electrons. The van der Waals surface area contributed by atoms with E-state index >= 15 is 0 Å². The summed E-state index contributed by atoms with van der Waals surface area (Å²) in [4.78, 5) is 0.185. The van der Waals surface area contributed by atoms with Crippen molar-refractivity contribution in [3.05, 3.63) is 53.0 Å². The zero-order chi connectivity index (χ0) is 15.5. The van der Waals surface area contributed by atoms with Gasteiger partial charge in [-0.3, -0.25) is 4.72 Å². The van der Waals surface area contributed by atoms with Crippen LogP contribution in [-0.2, 0) is 10.0 Å². The first-order chi connectivity index (χ1) is 9.90. The summed E-state index contributed by atoms with van der Waals surface area (Å²) in [7, 11) is -3.68. The van der Waals surface area contributed by atoms with E-state index < -0.39 is 10.0 Å². The number of anilines is 1. The summed E-state index contributed by atoms with van der Waals surface area (Å²) in [6, 6.07) is 13.6. The molecule has 0 aliphatic heterocycles. The molecule has 21 heavy (non-hydrogen) atoms. The Hall–Kier alpha value is -1.53. The van der Waals surface area contributed by atoms with E-state index in [1.165, 1.54) is 0 Å². The van der Waals surface area contributed by atoms with E-state index in [2.05, 4.69) is 20.7 Å². The monoisotopic (exact) mass is 369 g/mol. The third kappa shape index (κ3) is 3.98. The van der Waals surface area contributed by atoms with Crippen molar-refractivity contribution in [2.45, 2.75) is 24.8 Å². The fraction of sp³-hybridized carbons (Fsp3) is 0.200. The van der Waals surface area contributed by atoms with E-state index in [0.717, 1.165) is 0 Å². The van der Waals surface area contributed by atoms with Crippen LogP contribution in [0.3, 0.4) is 0 Å². The third-order valence-electron chi connectivity index (χ3n) is 2.62. The molecule has 2 aromatic carbocycles. The van der Waals surface area contributed by atoms with Crippen molar-refractivity contribution in [1.29, 1.82) is 0 Å². The predicted molar refractivity (Wildman–Crippen MR) is 87.2 cm³/mol. The first-order valence-electron chi connectivity index (χ1n) is 6.43. The molecule has 6 heteroatoms. The zero-order valence-corrected chi connectivity index (χ0v) is 14.1. The average Bonchev–Trinajstić information content (AvgIpc) is 2.40. The molecule has 0 saturated heterocycles. The molecule has 0 spiro atoms. The number of hydrogen-bond donors (Lipinski definition) is 1. The van der Waals surface area contributed by atoms with Gasteiger partial charge in [0.15, 0.2) is 0 Å². The Bertz CT molecular complexity index is 729. The van der Waals surface area contributed by atoms with Crippen molar-refractivity contribution in [2.24, 2.45) is 0 Å². The summed E-state index contributed by atoms with van der Waals surface area (Å²) in [5, 5.41) is 0. The maximum atomic E-state index is 12.5. The van der Waals surface area contributed by atoms with Crippen molar-refractivity contribution >= 4 is 31.6 Å². The number of rotatable bonds is 5. The minimum Gasteiger partial charge on any atom is -0.489 e. The predicted octanol–water partition coefficient (Wildman–Crippen LogP) is 4.04. The molecular weight excluding hydrogens is 354 g/mol. The Labute approximate surface area is 133 Å². The van der Waals surface area contributed by atoms with E-state index in [1.807, 2.05) is 13.8 Å². The van der Waals surface area contributed by atoms with Gasteiger partial charge in [0.1, 0.15) is 10.6 Å². The first kappa shape index (κ1) is 15.9. The van der Waals surface area contributed by atoms with Crippen LogP contribution < -0.4 is 9.46 Å². The molecule has 2 rings (SSSR count). The lowest BCUT2D eigenvalue weighted by Gasteiger charge is -2.16. The van der Waals surface area contributed by atoms with E-state index in [1.54, 1.807) is 48.5 Å². The SMILES string of the molecule is CC(C)Oc1ccccc1NS(=O)(=O)c1ccccc1Br. The molecule has 0 bridgehead atoms.